The minimum Gasteiger partial charge on any atom is 0 e. The molecular formula is C7H6AgO4Se. The van der Waals surface area contributed by atoms with Crippen LogP contribution in [0.2, 0.25) is 0 Å². The topological polar surface area (TPSA) is 80.9 Å². The van der Waals surface area contributed by atoms with Crippen molar-refractivity contribution in [3.8, 4) is 17.2 Å². The smallest absolute Gasteiger partial charge is 0 e. The van der Waals surface area contributed by atoms with Crippen LogP contribution in [0.3, 0.4) is 0 Å². The first-order valence-corrected chi connectivity index (χ1v) is 3.86. The largest absolute Gasteiger partial charge is 0 e. The van der Waals surface area contributed by atoms with Gasteiger partial charge in [0.15, 0.2) is 0 Å². The molecule has 0 aliphatic rings. The Kier molecular flexibility index (Phi) is 4.53. The molecule has 6 heteroatoms. The minimum absolute atomic E-state index is 0. The third-order valence-electron chi connectivity index (χ3n) is 1.32. The van der Waals surface area contributed by atoms with Gasteiger partial charge in [-0.15, -0.1) is 0 Å². The fraction of sp³-hybridized carbons (Fsp3) is 0. The quantitative estimate of drug-likeness (QED) is 0.422. The van der Waals surface area contributed by atoms with Crippen LogP contribution in [-0.2, 0) is 22.4 Å². The first-order chi connectivity index (χ1) is 5.52. The van der Waals surface area contributed by atoms with Crippen LogP contribution in [0.25, 0.3) is 0 Å². The normalized spacial score (nSPS) is 8.92. The Morgan fingerprint density at radius 2 is 1.46 bits per heavy atom. The van der Waals surface area contributed by atoms with E-state index in [-0.39, 0.29) is 32.5 Å². The summed E-state index contributed by atoms with van der Waals surface area (Å²) in [6, 6.07) is 2.25. The maximum absolute atomic E-state index is 8.98. The van der Waals surface area contributed by atoms with Gasteiger partial charge in [-0.2, -0.15) is 0 Å². The second-order valence-corrected chi connectivity index (χ2v) is 2.98. The van der Waals surface area contributed by atoms with E-state index in [9.17, 15) is 0 Å². The van der Waals surface area contributed by atoms with E-state index in [1.54, 1.807) is 0 Å². The Labute approximate surface area is 97.7 Å². The van der Waals surface area contributed by atoms with E-state index in [4.69, 9.17) is 20.4 Å². The molecule has 1 aromatic carbocycles. The number of aliphatic hydroxyl groups is 1. The molecule has 0 amide bonds. The number of phenolic OH excluding ortho intramolecular Hbond substituents is 3. The van der Waals surface area contributed by atoms with E-state index in [1.807, 2.05) is 0 Å². The zero-order valence-corrected chi connectivity index (χ0v) is 9.35. The van der Waals surface area contributed by atoms with Crippen LogP contribution in [0.1, 0.15) is 5.56 Å². The molecule has 0 atom stereocenters. The van der Waals surface area contributed by atoms with E-state index in [1.165, 1.54) is 0 Å². The second kappa shape index (κ2) is 4.69. The molecule has 0 aromatic heterocycles. The molecule has 0 heterocycles. The SMILES string of the molecule is OC(=[Se])c1cc(O)c(O)c(O)c1.[Ag]. The summed E-state index contributed by atoms with van der Waals surface area (Å²) in [7, 11) is 0. The summed E-state index contributed by atoms with van der Waals surface area (Å²) < 4.78 is -0.166. The molecule has 4 nitrogen and oxygen atoms in total. The van der Waals surface area contributed by atoms with Crippen molar-refractivity contribution in [1.29, 1.82) is 0 Å². The predicted molar refractivity (Wildman–Crippen MR) is 43.2 cm³/mol. The molecule has 0 saturated carbocycles. The maximum atomic E-state index is 8.98. The van der Waals surface area contributed by atoms with Crippen molar-refractivity contribution in [2.75, 3.05) is 0 Å². The first-order valence-electron chi connectivity index (χ1n) is 3.00. The van der Waals surface area contributed by atoms with E-state index in [2.05, 4.69) is 15.6 Å². The number of aromatic hydroxyl groups is 3. The average molecular weight is 341 g/mol. The van der Waals surface area contributed by atoms with E-state index >= 15 is 0 Å². The molecule has 0 fully saturated rings. The van der Waals surface area contributed by atoms with Crippen LogP contribution in [0.15, 0.2) is 12.1 Å². The number of hydrogen-bond donors (Lipinski definition) is 4. The molecule has 13 heavy (non-hydrogen) atoms. The first kappa shape index (κ1) is 12.5. The molecule has 0 aliphatic heterocycles. The monoisotopic (exact) mass is 341 g/mol. The minimum atomic E-state index is -0.597. The van der Waals surface area contributed by atoms with Crippen molar-refractivity contribution < 1.29 is 42.8 Å². The van der Waals surface area contributed by atoms with Gasteiger partial charge in [-0.25, -0.2) is 0 Å². The Balaban J connectivity index is 0.00000144. The number of phenols is 3. The number of aliphatic hydroxyl groups excluding tert-OH is 1. The molecule has 0 bridgehead atoms. The molecule has 0 spiro atoms. The van der Waals surface area contributed by atoms with Crippen LogP contribution in [0, 0.1) is 0 Å². The molecule has 1 radical (unpaired) electrons. The molecular weight excluding hydrogens is 335 g/mol. The number of rotatable bonds is 1. The van der Waals surface area contributed by atoms with Crippen LogP contribution in [0.5, 0.6) is 17.2 Å². The summed E-state index contributed by atoms with van der Waals surface area (Å²) >= 11 is 2.30. The number of benzene rings is 1. The molecule has 0 saturated heterocycles. The van der Waals surface area contributed by atoms with Gasteiger partial charge in [0.2, 0.25) is 0 Å². The van der Waals surface area contributed by atoms with Crippen molar-refractivity contribution >= 4 is 20.2 Å². The summed E-state index contributed by atoms with van der Waals surface area (Å²) in [6.07, 6.45) is 0. The zero-order valence-electron chi connectivity index (χ0n) is 6.15. The van der Waals surface area contributed by atoms with Crippen molar-refractivity contribution in [2.24, 2.45) is 0 Å². The van der Waals surface area contributed by atoms with Gasteiger partial charge in [-0.1, -0.05) is 0 Å². The fourth-order valence-corrected chi connectivity index (χ4v) is 0.975. The predicted octanol–water partition coefficient (Wildman–Crippen LogP) is -0.180. The molecule has 1 aromatic rings. The van der Waals surface area contributed by atoms with Crippen LogP contribution in [0.4, 0.5) is 0 Å². The number of hydrogen-bond acceptors (Lipinski definition) is 4. The zero-order chi connectivity index (χ0) is 9.30. The Morgan fingerprint density at radius 1 is 1.08 bits per heavy atom. The van der Waals surface area contributed by atoms with Gasteiger partial charge in [0.25, 0.3) is 0 Å². The Hall–Kier alpha value is -0.450. The standard InChI is InChI=1S/C7H6O4Se.Ag/c8-4-1-3(7(11)12)2-5(9)6(4)10;/h1-2,8-10H,(H,11,12);. The molecule has 0 unspecified atom stereocenters. The average Bonchev–Trinajstić information content (AvgIpc) is 1.99. The van der Waals surface area contributed by atoms with Gasteiger partial charge in [0.1, 0.15) is 0 Å². The Bertz CT molecular complexity index is 316. The van der Waals surface area contributed by atoms with Gasteiger partial charge in [0.05, 0.1) is 0 Å². The van der Waals surface area contributed by atoms with Crippen LogP contribution in [-0.4, -0.2) is 40.6 Å². The third kappa shape index (κ3) is 2.76. The molecule has 75 valence electrons. The van der Waals surface area contributed by atoms with Gasteiger partial charge >= 0.3 is 75.6 Å². The van der Waals surface area contributed by atoms with Crippen molar-refractivity contribution in [1.82, 2.24) is 0 Å². The fourth-order valence-electron chi connectivity index (χ4n) is 0.728. The summed E-state index contributed by atoms with van der Waals surface area (Å²) in [5, 5.41) is 35.8. The maximum Gasteiger partial charge on any atom is 0 e. The van der Waals surface area contributed by atoms with Crippen molar-refractivity contribution in [3.05, 3.63) is 17.7 Å². The van der Waals surface area contributed by atoms with E-state index in [0.717, 1.165) is 12.1 Å². The second-order valence-electron chi connectivity index (χ2n) is 2.17. The van der Waals surface area contributed by atoms with E-state index < -0.39 is 17.2 Å². The Morgan fingerprint density at radius 3 is 1.77 bits per heavy atom. The van der Waals surface area contributed by atoms with Gasteiger partial charge in [-0.3, -0.25) is 0 Å². The summed E-state index contributed by atoms with van der Waals surface area (Å²) in [6.45, 7) is 0. The van der Waals surface area contributed by atoms with Gasteiger partial charge in [0, 0.05) is 22.4 Å². The van der Waals surface area contributed by atoms with Gasteiger partial charge in [-0.05, 0) is 0 Å². The van der Waals surface area contributed by atoms with Crippen molar-refractivity contribution in [3.63, 3.8) is 0 Å². The third-order valence-corrected chi connectivity index (χ3v) is 1.81. The van der Waals surface area contributed by atoms with E-state index in [0.29, 0.717) is 0 Å². The molecule has 4 N–H and O–H groups in total. The molecule has 0 aliphatic carbocycles. The van der Waals surface area contributed by atoms with Gasteiger partial charge < -0.3 is 0 Å². The van der Waals surface area contributed by atoms with Crippen LogP contribution < -0.4 is 0 Å². The summed E-state index contributed by atoms with van der Waals surface area (Å²) in [5.41, 5.74) is 0.211. The molecule has 1 rings (SSSR count). The summed E-state index contributed by atoms with van der Waals surface area (Å²) in [4.78, 5) is 0. The summed E-state index contributed by atoms with van der Waals surface area (Å²) in [5.74, 6) is -1.56. The van der Waals surface area contributed by atoms with Crippen molar-refractivity contribution in [2.45, 2.75) is 0 Å². The van der Waals surface area contributed by atoms with Crippen LogP contribution >= 0.6 is 0 Å².